The van der Waals surface area contributed by atoms with Gasteiger partial charge in [0.1, 0.15) is 17.8 Å². The van der Waals surface area contributed by atoms with E-state index in [1.165, 1.54) is 18.7 Å². The Balaban J connectivity index is 0.000000700. The number of phenols is 2. The molecular formula is C36H54N6O8. The monoisotopic (exact) mass is 698 g/mol. The van der Waals surface area contributed by atoms with Crippen LogP contribution in [0.3, 0.4) is 0 Å². The average Bonchev–Trinajstić information content (AvgIpc) is 3.54. The van der Waals surface area contributed by atoms with Crippen molar-refractivity contribution in [3.63, 3.8) is 0 Å². The molecule has 1 aliphatic heterocycles. The van der Waals surface area contributed by atoms with Crippen LogP contribution in [0.25, 0.3) is 17.1 Å². The normalized spacial score (nSPS) is 12.6. The molecule has 14 heteroatoms. The number of benzene rings is 2. The molecule has 0 saturated carbocycles. The molecule has 276 valence electrons. The maximum absolute atomic E-state index is 12.8. The van der Waals surface area contributed by atoms with Crippen molar-refractivity contribution < 1.29 is 39.2 Å². The highest BCUT2D eigenvalue weighted by Gasteiger charge is 2.24. The molecule has 3 aromatic rings. The summed E-state index contributed by atoms with van der Waals surface area (Å²) in [6.07, 6.45) is 4.09. The number of aromatic nitrogens is 3. The zero-order chi connectivity index (χ0) is 37.6. The summed E-state index contributed by atoms with van der Waals surface area (Å²) in [5.41, 5.74) is 2.97. The number of ether oxygens (including phenoxy) is 1. The summed E-state index contributed by atoms with van der Waals surface area (Å²) < 4.78 is 5.51. The highest BCUT2D eigenvalue weighted by molar-refractivity contribution is 5.92. The number of hydrogen-bond donors (Lipinski definition) is 4. The fourth-order valence-corrected chi connectivity index (χ4v) is 4.63. The minimum Gasteiger partial charge on any atom is -0.508 e. The standard InChI is InChI=1S/C26H34N6O3.C5H10O.C3H6O2.C2H4O2/c1-5-27-26(35)25-29-28-24(21-14-20(17(2)3)22(33)15-23(21)34)32(25)19-8-6-18(7-9-19)16-31-12-10-30(4)11-13-31;1-2-3-4-5-6;1-2-3(4)5;1-4-2-3/h6-9,14-15,17,33-34H,5,10-13,16H2,1-4H3,(H,27,35);5H,2-4H2,1H3;2H2,1H3,(H,4,5);2H,1H3. The molecular weight excluding hydrogens is 644 g/mol. The van der Waals surface area contributed by atoms with Crippen LogP contribution in [0, 0.1) is 0 Å². The van der Waals surface area contributed by atoms with Gasteiger partial charge in [-0.2, -0.15) is 0 Å². The van der Waals surface area contributed by atoms with Crippen molar-refractivity contribution in [1.29, 1.82) is 0 Å². The highest BCUT2D eigenvalue weighted by atomic mass is 16.5. The molecule has 1 aliphatic rings. The van der Waals surface area contributed by atoms with Crippen LogP contribution in [-0.2, 0) is 25.7 Å². The fourth-order valence-electron chi connectivity index (χ4n) is 4.63. The Bertz CT molecular complexity index is 1470. The maximum Gasteiger partial charge on any atom is 0.303 e. The number of carbonyl (C=O) groups is 4. The van der Waals surface area contributed by atoms with E-state index in [1.54, 1.807) is 17.6 Å². The molecule has 1 saturated heterocycles. The minimum atomic E-state index is -0.745. The SMILES string of the molecule is CCC(=O)O.CCCCC=O.CCNC(=O)c1nnc(-c2cc(C(C)C)c(O)cc2O)n1-c1ccc(CN2CCN(C)CC2)cc1.COC=O. The largest absolute Gasteiger partial charge is 0.508 e. The van der Waals surface area contributed by atoms with Gasteiger partial charge in [0.15, 0.2) is 5.82 Å². The number of hydrogen-bond acceptors (Lipinski definition) is 11. The van der Waals surface area contributed by atoms with Crippen LogP contribution in [0.4, 0.5) is 0 Å². The second-order valence-electron chi connectivity index (χ2n) is 11.8. The van der Waals surface area contributed by atoms with Gasteiger partial charge in [0.05, 0.1) is 12.7 Å². The van der Waals surface area contributed by atoms with Gasteiger partial charge in [-0.1, -0.05) is 46.2 Å². The molecule has 4 N–H and O–H groups in total. The third-order valence-electron chi connectivity index (χ3n) is 7.48. The van der Waals surface area contributed by atoms with Crippen molar-refractivity contribution in [2.24, 2.45) is 0 Å². The Hall–Kier alpha value is -4.82. The number of carbonyl (C=O) groups excluding carboxylic acids is 3. The molecule has 4 rings (SSSR count). The van der Waals surface area contributed by atoms with Crippen molar-refractivity contribution in [3.05, 3.63) is 53.3 Å². The molecule has 0 aliphatic carbocycles. The summed E-state index contributed by atoms with van der Waals surface area (Å²) in [6, 6.07) is 11.0. The van der Waals surface area contributed by atoms with Crippen molar-refractivity contribution in [3.8, 4) is 28.6 Å². The van der Waals surface area contributed by atoms with Gasteiger partial charge >= 0.3 is 5.97 Å². The van der Waals surface area contributed by atoms with Gasteiger partial charge in [0.25, 0.3) is 12.4 Å². The Morgan fingerprint density at radius 2 is 1.58 bits per heavy atom. The molecule has 0 bridgehead atoms. The minimum absolute atomic E-state index is 0.0181. The zero-order valence-corrected chi connectivity index (χ0v) is 30.4. The molecule has 0 unspecified atom stereocenters. The number of aldehydes is 1. The van der Waals surface area contributed by atoms with Crippen molar-refractivity contribution in [1.82, 2.24) is 29.9 Å². The van der Waals surface area contributed by atoms with Gasteiger partial charge in [0.2, 0.25) is 5.82 Å². The van der Waals surface area contributed by atoms with Crippen LogP contribution in [-0.4, -0.2) is 111 Å². The van der Waals surface area contributed by atoms with E-state index < -0.39 is 5.97 Å². The number of amides is 1. The van der Waals surface area contributed by atoms with E-state index in [2.05, 4.69) is 56.2 Å². The Morgan fingerprint density at radius 1 is 0.980 bits per heavy atom. The quantitative estimate of drug-likeness (QED) is 0.152. The summed E-state index contributed by atoms with van der Waals surface area (Å²) in [7, 11) is 3.46. The van der Waals surface area contributed by atoms with Gasteiger partial charge in [-0.3, -0.25) is 23.9 Å². The average molecular weight is 699 g/mol. The molecule has 0 atom stereocenters. The third kappa shape index (κ3) is 14.3. The number of likely N-dealkylation sites (N-methyl/N-ethyl adjacent to an activating group) is 1. The van der Waals surface area contributed by atoms with Crippen LogP contribution in [0.2, 0.25) is 0 Å². The van der Waals surface area contributed by atoms with E-state index >= 15 is 0 Å². The number of unbranched alkanes of at least 4 members (excludes halogenated alkanes) is 2. The molecule has 1 fully saturated rings. The number of carboxylic acid groups (broad SMARTS) is 1. The van der Waals surface area contributed by atoms with Crippen LogP contribution in [0.5, 0.6) is 11.5 Å². The van der Waals surface area contributed by atoms with Gasteiger partial charge < -0.3 is 35.1 Å². The van der Waals surface area contributed by atoms with Crippen molar-refractivity contribution in [2.75, 3.05) is 46.9 Å². The lowest BCUT2D eigenvalue weighted by Crippen LogP contribution is -2.43. The maximum atomic E-state index is 12.8. The molecule has 1 amide bonds. The first kappa shape index (κ1) is 43.2. The van der Waals surface area contributed by atoms with Gasteiger partial charge in [-0.05, 0) is 55.6 Å². The summed E-state index contributed by atoms with van der Waals surface area (Å²) in [4.78, 5) is 45.5. The molecule has 1 aromatic heterocycles. The molecule has 0 spiro atoms. The van der Waals surface area contributed by atoms with Crippen molar-refractivity contribution >= 4 is 24.6 Å². The van der Waals surface area contributed by atoms with E-state index in [1.807, 2.05) is 32.9 Å². The summed E-state index contributed by atoms with van der Waals surface area (Å²) in [5, 5.41) is 39.9. The summed E-state index contributed by atoms with van der Waals surface area (Å²) in [6.45, 7) is 15.3. The molecule has 2 heterocycles. The smallest absolute Gasteiger partial charge is 0.303 e. The van der Waals surface area contributed by atoms with E-state index in [-0.39, 0.29) is 35.6 Å². The van der Waals surface area contributed by atoms with Gasteiger partial charge in [-0.25, -0.2) is 0 Å². The number of carboxylic acids is 1. The predicted molar refractivity (Wildman–Crippen MR) is 192 cm³/mol. The number of methoxy groups -OCH3 is 1. The van der Waals surface area contributed by atoms with E-state index in [9.17, 15) is 24.6 Å². The molecule has 0 radical (unpaired) electrons. The summed E-state index contributed by atoms with van der Waals surface area (Å²) in [5.74, 6) is -0.716. The number of rotatable bonds is 12. The lowest BCUT2D eigenvalue weighted by molar-refractivity contribution is -0.136. The number of phenolic OH excluding ortho intramolecular Hbond substituents is 2. The second kappa shape index (κ2) is 23.5. The van der Waals surface area contributed by atoms with Gasteiger partial charge in [-0.15, -0.1) is 10.2 Å². The first-order valence-electron chi connectivity index (χ1n) is 16.8. The van der Waals surface area contributed by atoms with Crippen LogP contribution >= 0.6 is 0 Å². The summed E-state index contributed by atoms with van der Waals surface area (Å²) >= 11 is 0. The molecule has 14 nitrogen and oxygen atoms in total. The topological polar surface area (TPSA) is 187 Å². The molecule has 2 aromatic carbocycles. The number of aliphatic carboxylic acids is 1. The van der Waals surface area contributed by atoms with E-state index in [0.717, 1.165) is 58.3 Å². The lowest BCUT2D eigenvalue weighted by atomic mass is 9.98. The lowest BCUT2D eigenvalue weighted by Gasteiger charge is -2.32. The third-order valence-corrected chi connectivity index (χ3v) is 7.48. The number of nitrogens with one attached hydrogen (secondary N) is 1. The zero-order valence-electron chi connectivity index (χ0n) is 30.4. The van der Waals surface area contributed by atoms with E-state index in [0.29, 0.717) is 35.7 Å². The van der Waals surface area contributed by atoms with Crippen molar-refractivity contribution in [2.45, 2.75) is 72.8 Å². The first-order valence-corrected chi connectivity index (χ1v) is 16.8. The van der Waals surface area contributed by atoms with Crippen LogP contribution in [0.1, 0.15) is 88.0 Å². The fraction of sp³-hybridized carbons (Fsp3) is 0.500. The van der Waals surface area contributed by atoms with E-state index in [4.69, 9.17) is 9.90 Å². The number of nitrogens with zero attached hydrogens (tertiary/aromatic N) is 5. The van der Waals surface area contributed by atoms with Crippen LogP contribution < -0.4 is 5.32 Å². The Morgan fingerprint density at radius 3 is 2.04 bits per heavy atom. The highest BCUT2D eigenvalue weighted by Crippen LogP contribution is 2.38. The first-order chi connectivity index (χ1) is 23.9. The Kier molecular flexibility index (Phi) is 20.3. The predicted octanol–water partition coefficient (Wildman–Crippen LogP) is 4.61. The molecule has 50 heavy (non-hydrogen) atoms. The second-order valence-corrected chi connectivity index (χ2v) is 11.8. The number of piperazine rings is 1. The van der Waals surface area contributed by atoms with Crippen LogP contribution in [0.15, 0.2) is 36.4 Å². The van der Waals surface area contributed by atoms with Gasteiger partial charge in [0, 0.05) is 63.9 Å². The Labute approximate surface area is 295 Å². The number of aromatic hydroxyl groups is 2.